The van der Waals surface area contributed by atoms with E-state index in [4.69, 9.17) is 23.2 Å². The van der Waals surface area contributed by atoms with Crippen LogP contribution in [0, 0.1) is 0 Å². The molecule has 0 heterocycles. The zero-order valence-electron chi connectivity index (χ0n) is 23.0. The molecule has 0 radical (unpaired) electrons. The van der Waals surface area contributed by atoms with Crippen LogP contribution in [0.3, 0.4) is 0 Å². The number of benzene rings is 3. The van der Waals surface area contributed by atoms with Crippen LogP contribution in [0.4, 0.5) is 5.69 Å². The molecule has 41 heavy (non-hydrogen) atoms. The van der Waals surface area contributed by atoms with Crippen LogP contribution in [0.25, 0.3) is 0 Å². The normalized spacial score (nSPS) is 14.7. The van der Waals surface area contributed by atoms with Crippen molar-refractivity contribution >= 4 is 50.7 Å². The number of carbonyl (C=O) groups excluding carboxylic acids is 2. The molecule has 0 aromatic heterocycles. The zero-order chi connectivity index (χ0) is 29.4. The van der Waals surface area contributed by atoms with Crippen molar-refractivity contribution in [2.75, 3.05) is 10.8 Å². The van der Waals surface area contributed by atoms with Crippen LogP contribution in [0.15, 0.2) is 83.8 Å². The smallest absolute Gasteiger partial charge is 0.264 e. The molecule has 0 aliphatic heterocycles. The molecule has 1 fully saturated rings. The van der Waals surface area contributed by atoms with E-state index in [9.17, 15) is 18.0 Å². The van der Waals surface area contributed by atoms with Gasteiger partial charge in [-0.1, -0.05) is 85.8 Å². The molecule has 3 aromatic carbocycles. The Morgan fingerprint density at radius 3 is 2.17 bits per heavy atom. The van der Waals surface area contributed by atoms with Crippen LogP contribution in [0.1, 0.15) is 51.0 Å². The Morgan fingerprint density at radius 1 is 0.902 bits per heavy atom. The molecule has 0 spiro atoms. The van der Waals surface area contributed by atoms with E-state index < -0.39 is 28.5 Å². The maximum absolute atomic E-state index is 14.2. The van der Waals surface area contributed by atoms with Crippen molar-refractivity contribution in [3.05, 3.63) is 94.5 Å². The van der Waals surface area contributed by atoms with Crippen LogP contribution in [0.2, 0.25) is 10.0 Å². The summed E-state index contributed by atoms with van der Waals surface area (Å²) in [5.74, 6) is -0.770. The van der Waals surface area contributed by atoms with Gasteiger partial charge < -0.3 is 10.2 Å². The number of nitrogens with one attached hydrogen (secondary N) is 1. The number of hydrogen-bond acceptors (Lipinski definition) is 4. The van der Waals surface area contributed by atoms with Gasteiger partial charge >= 0.3 is 0 Å². The third-order valence-corrected chi connectivity index (χ3v) is 9.77. The van der Waals surface area contributed by atoms with Crippen molar-refractivity contribution in [3.63, 3.8) is 0 Å². The molecule has 1 aliphatic carbocycles. The van der Waals surface area contributed by atoms with Gasteiger partial charge in [0.15, 0.2) is 0 Å². The molecular weight excluding hydrogens is 581 g/mol. The highest BCUT2D eigenvalue weighted by molar-refractivity contribution is 7.92. The first kappa shape index (κ1) is 30.9. The summed E-state index contributed by atoms with van der Waals surface area (Å²) in [6.45, 7) is 1.38. The molecule has 1 atom stereocenters. The lowest BCUT2D eigenvalue weighted by molar-refractivity contribution is -0.140. The molecule has 4 rings (SSSR count). The molecule has 1 N–H and O–H groups in total. The van der Waals surface area contributed by atoms with Crippen LogP contribution in [-0.2, 0) is 26.2 Å². The summed E-state index contributed by atoms with van der Waals surface area (Å²) in [5, 5.41) is 4.03. The van der Waals surface area contributed by atoms with Crippen molar-refractivity contribution in [3.8, 4) is 0 Å². The SMILES string of the molecule is CC[C@@H](C(=O)NC1CCCCC1)N(Cc1ccccc1Cl)C(=O)CN(c1ccc(Cl)cc1)S(=O)(=O)c1ccccc1. The number of carbonyl (C=O) groups is 2. The molecular formula is C31H35Cl2N3O4S. The number of rotatable bonds is 11. The maximum atomic E-state index is 14.2. The molecule has 218 valence electrons. The van der Waals surface area contributed by atoms with Gasteiger partial charge in [-0.05, 0) is 67.3 Å². The Hall–Kier alpha value is -3.07. The molecule has 2 amide bonds. The summed E-state index contributed by atoms with van der Waals surface area (Å²) in [6, 6.07) is 20.6. The second-order valence-electron chi connectivity index (χ2n) is 10.2. The average Bonchev–Trinajstić information content (AvgIpc) is 2.98. The number of sulfonamides is 1. The van der Waals surface area contributed by atoms with E-state index in [1.165, 1.54) is 17.0 Å². The molecule has 0 saturated heterocycles. The van der Waals surface area contributed by atoms with Crippen molar-refractivity contribution in [2.45, 2.75) is 69.0 Å². The summed E-state index contributed by atoms with van der Waals surface area (Å²) < 4.78 is 28.8. The number of nitrogens with zero attached hydrogens (tertiary/aromatic N) is 2. The number of anilines is 1. The second-order valence-corrected chi connectivity index (χ2v) is 12.9. The average molecular weight is 617 g/mol. The highest BCUT2D eigenvalue weighted by Crippen LogP contribution is 2.27. The quantitative estimate of drug-likeness (QED) is 0.269. The summed E-state index contributed by atoms with van der Waals surface area (Å²) in [7, 11) is -4.14. The van der Waals surface area contributed by atoms with Gasteiger partial charge in [-0.2, -0.15) is 0 Å². The molecule has 3 aromatic rings. The second kappa shape index (κ2) is 14.2. The lowest BCUT2D eigenvalue weighted by atomic mass is 9.95. The minimum Gasteiger partial charge on any atom is -0.352 e. The Morgan fingerprint density at radius 2 is 1.54 bits per heavy atom. The van der Waals surface area contributed by atoms with Gasteiger partial charge in [0.2, 0.25) is 11.8 Å². The van der Waals surface area contributed by atoms with Gasteiger partial charge in [-0.25, -0.2) is 8.42 Å². The Bertz CT molecular complexity index is 1430. The number of hydrogen-bond donors (Lipinski definition) is 1. The maximum Gasteiger partial charge on any atom is 0.264 e. The summed E-state index contributed by atoms with van der Waals surface area (Å²) >= 11 is 12.6. The lowest BCUT2D eigenvalue weighted by Gasteiger charge is -2.34. The number of amides is 2. The zero-order valence-corrected chi connectivity index (χ0v) is 25.3. The Balaban J connectivity index is 1.70. The summed E-state index contributed by atoms with van der Waals surface area (Å²) in [4.78, 5) is 29.2. The van der Waals surface area contributed by atoms with Gasteiger partial charge in [0.25, 0.3) is 10.0 Å². The monoisotopic (exact) mass is 615 g/mol. The van der Waals surface area contributed by atoms with Crippen LogP contribution in [0.5, 0.6) is 0 Å². The lowest BCUT2D eigenvalue weighted by Crippen LogP contribution is -2.54. The van der Waals surface area contributed by atoms with E-state index in [-0.39, 0.29) is 29.1 Å². The van der Waals surface area contributed by atoms with Crippen molar-refractivity contribution in [2.24, 2.45) is 0 Å². The van der Waals surface area contributed by atoms with Gasteiger partial charge in [-0.3, -0.25) is 13.9 Å². The standard InChI is InChI=1S/C31H35Cl2N3O4S/c1-2-29(31(38)34-25-12-5-3-6-13-25)35(21-23-11-9-10-16-28(23)33)30(37)22-36(26-19-17-24(32)18-20-26)41(39,40)27-14-7-4-8-15-27/h4,7-11,14-20,25,29H,2-3,5-6,12-13,21-22H2,1H3,(H,34,38)/t29-/m0/s1. The van der Waals surface area contributed by atoms with E-state index in [1.54, 1.807) is 60.7 Å². The van der Waals surface area contributed by atoms with Gasteiger partial charge in [0.05, 0.1) is 10.6 Å². The van der Waals surface area contributed by atoms with Gasteiger partial charge in [-0.15, -0.1) is 0 Å². The molecule has 10 heteroatoms. The molecule has 0 bridgehead atoms. The third-order valence-electron chi connectivity index (χ3n) is 7.36. The fraction of sp³-hybridized carbons (Fsp3) is 0.355. The highest BCUT2D eigenvalue weighted by atomic mass is 35.5. The third kappa shape index (κ3) is 7.82. The largest absolute Gasteiger partial charge is 0.352 e. The Kier molecular flexibility index (Phi) is 10.7. The molecule has 1 saturated carbocycles. The topological polar surface area (TPSA) is 86.8 Å². The predicted molar refractivity (Wildman–Crippen MR) is 164 cm³/mol. The van der Waals surface area contributed by atoms with Crippen LogP contribution >= 0.6 is 23.2 Å². The fourth-order valence-corrected chi connectivity index (χ4v) is 6.89. The van der Waals surface area contributed by atoms with Crippen molar-refractivity contribution < 1.29 is 18.0 Å². The van der Waals surface area contributed by atoms with Crippen LogP contribution in [-0.4, -0.2) is 43.8 Å². The molecule has 7 nitrogen and oxygen atoms in total. The molecule has 0 unspecified atom stereocenters. The first-order chi connectivity index (χ1) is 19.7. The predicted octanol–water partition coefficient (Wildman–Crippen LogP) is 6.45. The van der Waals surface area contributed by atoms with Gasteiger partial charge in [0, 0.05) is 22.6 Å². The first-order valence-electron chi connectivity index (χ1n) is 13.9. The number of halogens is 2. The summed E-state index contributed by atoms with van der Waals surface area (Å²) in [5.41, 5.74) is 0.944. The van der Waals surface area contributed by atoms with Crippen molar-refractivity contribution in [1.82, 2.24) is 10.2 Å². The minimum atomic E-state index is -4.14. The Labute approximate surface area is 252 Å². The van der Waals surface area contributed by atoms with E-state index in [0.29, 0.717) is 22.0 Å². The summed E-state index contributed by atoms with van der Waals surface area (Å²) in [6.07, 6.45) is 5.41. The first-order valence-corrected chi connectivity index (χ1v) is 16.1. The fourth-order valence-electron chi connectivity index (χ4n) is 5.13. The highest BCUT2D eigenvalue weighted by Gasteiger charge is 2.34. The minimum absolute atomic E-state index is 0.0440. The van der Waals surface area contributed by atoms with E-state index in [0.717, 1.165) is 36.4 Å². The molecule has 1 aliphatic rings. The van der Waals surface area contributed by atoms with Crippen LogP contribution < -0.4 is 9.62 Å². The van der Waals surface area contributed by atoms with E-state index in [2.05, 4.69) is 5.32 Å². The van der Waals surface area contributed by atoms with E-state index in [1.807, 2.05) is 13.0 Å². The van der Waals surface area contributed by atoms with E-state index >= 15 is 0 Å². The van der Waals surface area contributed by atoms with Gasteiger partial charge in [0.1, 0.15) is 12.6 Å². The van der Waals surface area contributed by atoms with Crippen molar-refractivity contribution in [1.29, 1.82) is 0 Å².